The van der Waals surface area contributed by atoms with Gasteiger partial charge < -0.3 is 5.32 Å². The van der Waals surface area contributed by atoms with Crippen molar-refractivity contribution in [1.82, 2.24) is 29.5 Å². The Labute approximate surface area is 198 Å². The topological polar surface area (TPSA) is 108 Å². The summed E-state index contributed by atoms with van der Waals surface area (Å²) in [6, 6.07) is 8.08. The van der Waals surface area contributed by atoms with Gasteiger partial charge in [-0.2, -0.15) is 10.2 Å². The molecule has 0 bridgehead atoms. The highest BCUT2D eigenvalue weighted by molar-refractivity contribution is 7.91. The largest absolute Gasteiger partial charge is 0.367 e. The van der Waals surface area contributed by atoms with Crippen LogP contribution in [0.3, 0.4) is 0 Å². The number of nitrogens with one attached hydrogen (secondary N) is 1. The molecule has 34 heavy (non-hydrogen) atoms. The van der Waals surface area contributed by atoms with E-state index in [1.165, 1.54) is 6.26 Å². The molecule has 10 heteroatoms. The molecule has 0 amide bonds. The standard InChI is InChI=1S/C24H27N7O2S/c1-30-14-18(11-26-30)16-5-4-6-17(9-16)23-25-13-22(19-12-27-31(2)15-19)24(29-23)28-20-7-8-21(10-20)34(3,32)33/h4-6,9,11-15,20-21H,7-8,10H2,1-3H3,(H,25,28,29)/t20-,21?/m0/s1. The second-order valence-electron chi connectivity index (χ2n) is 8.95. The summed E-state index contributed by atoms with van der Waals surface area (Å²) in [5, 5.41) is 11.7. The summed E-state index contributed by atoms with van der Waals surface area (Å²) < 4.78 is 27.6. The molecule has 0 spiro atoms. The van der Waals surface area contributed by atoms with E-state index in [2.05, 4.69) is 26.6 Å². The smallest absolute Gasteiger partial charge is 0.161 e. The second kappa shape index (κ2) is 8.68. The summed E-state index contributed by atoms with van der Waals surface area (Å²) in [6.07, 6.45) is 12.6. The van der Waals surface area contributed by atoms with E-state index in [4.69, 9.17) is 4.98 Å². The van der Waals surface area contributed by atoms with Crippen molar-refractivity contribution in [2.24, 2.45) is 14.1 Å². The van der Waals surface area contributed by atoms with E-state index in [9.17, 15) is 8.42 Å². The van der Waals surface area contributed by atoms with Gasteiger partial charge in [0.1, 0.15) is 15.7 Å². The van der Waals surface area contributed by atoms with Crippen molar-refractivity contribution in [2.45, 2.75) is 30.6 Å². The summed E-state index contributed by atoms with van der Waals surface area (Å²) in [6.45, 7) is 0. The maximum Gasteiger partial charge on any atom is 0.161 e. The molecule has 2 atom stereocenters. The number of sulfone groups is 1. The Balaban J connectivity index is 1.50. The predicted molar refractivity (Wildman–Crippen MR) is 132 cm³/mol. The fraction of sp³-hybridized carbons (Fsp3) is 0.333. The molecule has 0 aliphatic heterocycles. The van der Waals surface area contributed by atoms with Gasteiger partial charge in [-0.1, -0.05) is 18.2 Å². The van der Waals surface area contributed by atoms with E-state index >= 15 is 0 Å². The molecule has 1 N–H and O–H groups in total. The molecule has 1 aromatic carbocycles. The molecular formula is C24H27N7O2S. The van der Waals surface area contributed by atoms with Crippen molar-refractivity contribution in [1.29, 1.82) is 0 Å². The number of aromatic nitrogens is 6. The Kier molecular flexibility index (Phi) is 5.68. The molecule has 3 heterocycles. The summed E-state index contributed by atoms with van der Waals surface area (Å²) in [5.41, 5.74) is 4.68. The van der Waals surface area contributed by atoms with Gasteiger partial charge in [-0.15, -0.1) is 0 Å². The lowest BCUT2D eigenvalue weighted by Gasteiger charge is -2.17. The molecule has 176 valence electrons. The summed E-state index contributed by atoms with van der Waals surface area (Å²) >= 11 is 0. The Morgan fingerprint density at radius 2 is 1.65 bits per heavy atom. The lowest BCUT2D eigenvalue weighted by Crippen LogP contribution is -2.21. The van der Waals surface area contributed by atoms with Gasteiger partial charge in [-0.05, 0) is 30.9 Å². The Morgan fingerprint density at radius 1 is 0.941 bits per heavy atom. The minimum absolute atomic E-state index is 0.0274. The van der Waals surface area contributed by atoms with Crippen LogP contribution in [0.15, 0.2) is 55.2 Å². The monoisotopic (exact) mass is 477 g/mol. The minimum atomic E-state index is -3.06. The van der Waals surface area contributed by atoms with E-state index in [0.29, 0.717) is 24.5 Å². The van der Waals surface area contributed by atoms with Gasteiger partial charge in [0, 0.05) is 67.2 Å². The van der Waals surface area contributed by atoms with Crippen molar-refractivity contribution in [2.75, 3.05) is 11.6 Å². The van der Waals surface area contributed by atoms with Gasteiger partial charge in [-0.3, -0.25) is 9.36 Å². The van der Waals surface area contributed by atoms with Crippen LogP contribution < -0.4 is 5.32 Å². The van der Waals surface area contributed by atoms with Crippen LogP contribution in [0.5, 0.6) is 0 Å². The third kappa shape index (κ3) is 4.58. The third-order valence-electron chi connectivity index (χ3n) is 6.29. The molecular weight excluding hydrogens is 450 g/mol. The van der Waals surface area contributed by atoms with E-state index < -0.39 is 9.84 Å². The van der Waals surface area contributed by atoms with Crippen LogP contribution in [0.25, 0.3) is 33.6 Å². The summed E-state index contributed by atoms with van der Waals surface area (Å²) in [7, 11) is 0.696. The average molecular weight is 478 g/mol. The number of aryl methyl sites for hydroxylation is 2. The minimum Gasteiger partial charge on any atom is -0.367 e. The molecule has 0 radical (unpaired) electrons. The quantitative estimate of drug-likeness (QED) is 0.454. The van der Waals surface area contributed by atoms with E-state index in [1.807, 2.05) is 50.9 Å². The highest BCUT2D eigenvalue weighted by atomic mass is 32.2. The number of rotatable bonds is 6. The van der Waals surface area contributed by atoms with Crippen molar-refractivity contribution >= 4 is 15.7 Å². The number of hydrogen-bond acceptors (Lipinski definition) is 7. The van der Waals surface area contributed by atoms with Crippen molar-refractivity contribution in [3.8, 4) is 33.6 Å². The average Bonchev–Trinajstić information content (AvgIpc) is 3.55. The van der Waals surface area contributed by atoms with Crippen molar-refractivity contribution < 1.29 is 8.42 Å². The number of nitrogens with zero attached hydrogens (tertiary/aromatic N) is 6. The fourth-order valence-electron chi connectivity index (χ4n) is 4.46. The van der Waals surface area contributed by atoms with Gasteiger partial charge >= 0.3 is 0 Å². The molecule has 5 rings (SSSR count). The Bertz CT molecular complexity index is 1440. The zero-order valence-corrected chi connectivity index (χ0v) is 20.2. The molecule has 1 aliphatic rings. The Hall–Kier alpha value is -3.53. The van der Waals surface area contributed by atoms with Crippen LogP contribution in [0.2, 0.25) is 0 Å². The normalized spacial score (nSPS) is 18.3. The van der Waals surface area contributed by atoms with Gasteiger partial charge in [0.25, 0.3) is 0 Å². The van der Waals surface area contributed by atoms with Crippen LogP contribution in [-0.4, -0.2) is 55.5 Å². The number of anilines is 1. The first kappa shape index (κ1) is 22.3. The van der Waals surface area contributed by atoms with Crippen molar-refractivity contribution in [3.63, 3.8) is 0 Å². The molecule has 1 fully saturated rings. The summed E-state index contributed by atoms with van der Waals surface area (Å²) in [4.78, 5) is 9.55. The third-order valence-corrected chi connectivity index (χ3v) is 7.93. The van der Waals surface area contributed by atoms with Crippen molar-refractivity contribution in [3.05, 3.63) is 55.2 Å². The van der Waals surface area contributed by atoms with Crippen LogP contribution in [0.4, 0.5) is 5.82 Å². The highest BCUT2D eigenvalue weighted by Crippen LogP contribution is 2.33. The molecule has 1 unspecified atom stereocenters. The maximum absolute atomic E-state index is 12.0. The van der Waals surface area contributed by atoms with Gasteiger partial charge in [-0.25, -0.2) is 18.4 Å². The lowest BCUT2D eigenvalue weighted by atomic mass is 10.1. The highest BCUT2D eigenvalue weighted by Gasteiger charge is 2.32. The zero-order valence-electron chi connectivity index (χ0n) is 19.4. The van der Waals surface area contributed by atoms with Crippen LogP contribution >= 0.6 is 0 Å². The molecule has 3 aromatic heterocycles. The van der Waals surface area contributed by atoms with E-state index in [0.717, 1.165) is 34.2 Å². The Morgan fingerprint density at radius 3 is 2.29 bits per heavy atom. The number of benzene rings is 1. The van der Waals surface area contributed by atoms with Crippen LogP contribution in [-0.2, 0) is 23.9 Å². The molecule has 4 aromatic rings. The fourth-order valence-corrected chi connectivity index (χ4v) is 5.61. The SMILES string of the molecule is Cn1cc(-c2cccc(-c3ncc(-c4cnn(C)c4)c(N[C@H]4CCC(S(C)(=O)=O)C4)n3)c2)cn1. The van der Waals surface area contributed by atoms with E-state index in [-0.39, 0.29) is 11.3 Å². The lowest BCUT2D eigenvalue weighted by molar-refractivity contribution is 0.585. The summed E-state index contributed by atoms with van der Waals surface area (Å²) in [5.74, 6) is 1.28. The van der Waals surface area contributed by atoms with Gasteiger partial charge in [0.15, 0.2) is 5.82 Å². The first-order valence-electron chi connectivity index (χ1n) is 11.2. The molecule has 0 saturated heterocycles. The van der Waals surface area contributed by atoms with E-state index in [1.54, 1.807) is 21.8 Å². The second-order valence-corrected chi connectivity index (χ2v) is 11.3. The first-order valence-corrected chi connectivity index (χ1v) is 13.1. The first-order chi connectivity index (χ1) is 16.3. The maximum atomic E-state index is 12.0. The number of hydrogen-bond donors (Lipinski definition) is 1. The van der Waals surface area contributed by atoms with Crippen LogP contribution in [0.1, 0.15) is 19.3 Å². The van der Waals surface area contributed by atoms with Crippen LogP contribution in [0, 0.1) is 0 Å². The molecule has 9 nitrogen and oxygen atoms in total. The molecule has 1 aliphatic carbocycles. The zero-order chi connectivity index (χ0) is 23.9. The van der Waals surface area contributed by atoms with Gasteiger partial charge in [0.2, 0.25) is 0 Å². The molecule has 1 saturated carbocycles. The van der Waals surface area contributed by atoms with Gasteiger partial charge in [0.05, 0.1) is 17.6 Å². The predicted octanol–water partition coefficient (Wildman–Crippen LogP) is 3.32.